The lowest BCUT2D eigenvalue weighted by Crippen LogP contribution is -2.06. The zero-order chi connectivity index (χ0) is 18.3. The normalized spacial score (nSPS) is 11.2. The van der Waals surface area contributed by atoms with Crippen LogP contribution in [0.1, 0.15) is 32.5 Å². The number of aromatic nitrogens is 1. The van der Waals surface area contributed by atoms with Crippen molar-refractivity contribution in [2.24, 2.45) is 0 Å². The van der Waals surface area contributed by atoms with Gasteiger partial charge in [-0.2, -0.15) is 0 Å². The number of ketones is 1. The van der Waals surface area contributed by atoms with Crippen molar-refractivity contribution in [2.75, 3.05) is 6.61 Å². The number of carbonyl (C=O) groups is 2. The molecule has 0 saturated heterocycles. The molecule has 0 saturated carbocycles. The van der Waals surface area contributed by atoms with E-state index in [1.54, 1.807) is 19.1 Å². The van der Waals surface area contributed by atoms with Crippen LogP contribution in [0.5, 0.6) is 0 Å². The van der Waals surface area contributed by atoms with E-state index in [-0.39, 0.29) is 12.4 Å². The molecule has 0 N–H and O–H groups in total. The first-order valence-corrected chi connectivity index (χ1v) is 9.41. The van der Waals surface area contributed by atoms with Gasteiger partial charge < -0.3 is 9.14 Å². The third-order valence-corrected chi connectivity index (χ3v) is 5.66. The first-order chi connectivity index (χ1) is 12.6. The van der Waals surface area contributed by atoms with Gasteiger partial charge in [-0.3, -0.25) is 4.79 Å². The molecule has 6 heteroatoms. The Morgan fingerprint density at radius 1 is 1.12 bits per heavy atom. The number of pyridine rings is 1. The highest BCUT2D eigenvalue weighted by Crippen LogP contribution is 2.40. The Balaban J connectivity index is 2.07. The molecule has 4 aromatic rings. The molecule has 0 aliphatic heterocycles. The SMILES string of the molecule is CCOC(=O)c1c2c(C(=O)c3ccccc3)sc(S)c2n2ccccc12. The lowest BCUT2D eigenvalue weighted by molar-refractivity contribution is 0.0531. The van der Waals surface area contributed by atoms with E-state index in [9.17, 15) is 9.59 Å². The van der Waals surface area contributed by atoms with Crippen LogP contribution in [-0.2, 0) is 4.74 Å². The minimum absolute atomic E-state index is 0.123. The van der Waals surface area contributed by atoms with Gasteiger partial charge in [0.2, 0.25) is 5.78 Å². The van der Waals surface area contributed by atoms with Crippen molar-refractivity contribution in [3.63, 3.8) is 0 Å². The lowest BCUT2D eigenvalue weighted by Gasteiger charge is -2.03. The standard InChI is InChI=1S/C20H15NO3S2/c1-2-24-19(23)14-13-10-6-7-11-21(13)16-15(14)18(26-20(16)25)17(22)12-8-4-3-5-9-12/h3-11,25H,2H2,1H3. The fraction of sp³-hybridized carbons (Fsp3) is 0.100. The van der Waals surface area contributed by atoms with E-state index in [4.69, 9.17) is 4.74 Å². The minimum Gasteiger partial charge on any atom is -0.462 e. The molecule has 0 bridgehead atoms. The molecular formula is C20H15NO3S2. The van der Waals surface area contributed by atoms with Crippen molar-refractivity contribution in [3.8, 4) is 0 Å². The van der Waals surface area contributed by atoms with Gasteiger partial charge in [-0.25, -0.2) is 4.79 Å². The summed E-state index contributed by atoms with van der Waals surface area (Å²) in [6.07, 6.45) is 1.86. The van der Waals surface area contributed by atoms with E-state index >= 15 is 0 Å². The number of esters is 1. The van der Waals surface area contributed by atoms with Crippen LogP contribution >= 0.6 is 24.0 Å². The molecule has 3 heterocycles. The average Bonchev–Trinajstić information content (AvgIpc) is 3.18. The van der Waals surface area contributed by atoms with Crippen LogP contribution in [0.4, 0.5) is 0 Å². The summed E-state index contributed by atoms with van der Waals surface area (Å²) in [7, 11) is 0. The Labute approximate surface area is 159 Å². The Kier molecular flexibility index (Phi) is 4.30. The predicted octanol–water partition coefficient (Wildman–Crippen LogP) is 4.85. The summed E-state index contributed by atoms with van der Waals surface area (Å²) in [5.74, 6) is -0.554. The molecule has 130 valence electrons. The number of fused-ring (bicyclic) bond motifs is 3. The minimum atomic E-state index is -0.431. The number of benzene rings is 1. The van der Waals surface area contributed by atoms with E-state index in [2.05, 4.69) is 12.6 Å². The quantitative estimate of drug-likeness (QED) is 0.312. The van der Waals surface area contributed by atoms with Gasteiger partial charge in [0.25, 0.3) is 0 Å². The van der Waals surface area contributed by atoms with Gasteiger partial charge in [0.1, 0.15) is 0 Å². The third-order valence-electron chi connectivity index (χ3n) is 4.19. The topological polar surface area (TPSA) is 47.8 Å². The van der Waals surface area contributed by atoms with Crippen molar-refractivity contribution in [2.45, 2.75) is 11.1 Å². The molecule has 0 spiro atoms. The highest BCUT2D eigenvalue weighted by atomic mass is 32.2. The van der Waals surface area contributed by atoms with Gasteiger partial charge in [0.15, 0.2) is 0 Å². The first kappa shape index (κ1) is 16.9. The van der Waals surface area contributed by atoms with E-state index in [0.717, 1.165) is 5.52 Å². The van der Waals surface area contributed by atoms with Crippen molar-refractivity contribution < 1.29 is 14.3 Å². The maximum atomic E-state index is 13.1. The first-order valence-electron chi connectivity index (χ1n) is 8.14. The number of rotatable bonds is 4. The Bertz CT molecular complexity index is 1140. The predicted molar refractivity (Wildman–Crippen MR) is 106 cm³/mol. The van der Waals surface area contributed by atoms with Crippen LogP contribution in [0.25, 0.3) is 16.4 Å². The number of hydrogen-bond donors (Lipinski definition) is 1. The van der Waals surface area contributed by atoms with Gasteiger partial charge in [-0.1, -0.05) is 36.4 Å². The summed E-state index contributed by atoms with van der Waals surface area (Å²) in [5, 5.41) is 0.610. The highest BCUT2D eigenvalue weighted by molar-refractivity contribution is 7.83. The summed E-state index contributed by atoms with van der Waals surface area (Å²) >= 11 is 5.87. The number of ether oxygens (including phenoxy) is 1. The number of thiol groups is 1. The Morgan fingerprint density at radius 2 is 1.85 bits per heavy atom. The molecule has 1 aromatic carbocycles. The molecule has 0 radical (unpaired) electrons. The fourth-order valence-electron chi connectivity index (χ4n) is 3.13. The third kappa shape index (κ3) is 2.53. The van der Waals surface area contributed by atoms with Crippen molar-refractivity contribution in [1.82, 2.24) is 4.40 Å². The molecule has 0 aliphatic carbocycles. The highest BCUT2D eigenvalue weighted by Gasteiger charge is 2.28. The summed E-state index contributed by atoms with van der Waals surface area (Å²) < 4.78 is 7.85. The van der Waals surface area contributed by atoms with Gasteiger partial charge in [0.05, 0.1) is 32.3 Å². The Morgan fingerprint density at radius 3 is 2.58 bits per heavy atom. The van der Waals surface area contributed by atoms with E-state index in [1.807, 2.05) is 47.0 Å². The number of thiophene rings is 1. The second kappa shape index (κ2) is 6.63. The molecule has 4 rings (SSSR count). The molecule has 0 unspecified atom stereocenters. The van der Waals surface area contributed by atoms with Gasteiger partial charge >= 0.3 is 5.97 Å². The fourth-order valence-corrected chi connectivity index (χ4v) is 4.62. The van der Waals surface area contributed by atoms with Crippen molar-refractivity contribution in [3.05, 3.63) is 70.7 Å². The van der Waals surface area contributed by atoms with Gasteiger partial charge in [0, 0.05) is 17.1 Å². The molecule has 0 amide bonds. The van der Waals surface area contributed by atoms with Crippen molar-refractivity contribution >= 4 is 52.1 Å². The number of hydrogen-bond acceptors (Lipinski definition) is 5. The Hall–Kier alpha value is -2.57. The molecule has 0 atom stereocenters. The van der Waals surface area contributed by atoms with Crippen LogP contribution in [0, 0.1) is 0 Å². The van der Waals surface area contributed by atoms with Crippen LogP contribution < -0.4 is 0 Å². The lowest BCUT2D eigenvalue weighted by atomic mass is 10.1. The molecule has 3 aromatic heterocycles. The number of nitrogens with zero attached hydrogens (tertiary/aromatic N) is 1. The summed E-state index contributed by atoms with van der Waals surface area (Å²) in [6.45, 7) is 2.03. The van der Waals surface area contributed by atoms with Crippen LogP contribution in [0.3, 0.4) is 0 Å². The molecule has 0 fully saturated rings. The number of carbonyl (C=O) groups excluding carboxylic acids is 2. The molecule has 26 heavy (non-hydrogen) atoms. The average molecular weight is 381 g/mol. The summed E-state index contributed by atoms with van der Waals surface area (Å²) in [6, 6.07) is 14.6. The zero-order valence-corrected chi connectivity index (χ0v) is 15.6. The van der Waals surface area contributed by atoms with Crippen LogP contribution in [0.15, 0.2) is 58.9 Å². The second-order valence-corrected chi connectivity index (χ2v) is 7.48. The van der Waals surface area contributed by atoms with Gasteiger partial charge in [-0.15, -0.1) is 24.0 Å². The van der Waals surface area contributed by atoms with E-state index in [0.29, 0.717) is 31.1 Å². The van der Waals surface area contributed by atoms with Gasteiger partial charge in [-0.05, 0) is 19.1 Å². The van der Waals surface area contributed by atoms with E-state index in [1.165, 1.54) is 11.3 Å². The largest absolute Gasteiger partial charge is 0.462 e. The molecule has 0 aliphatic rings. The zero-order valence-electron chi connectivity index (χ0n) is 13.9. The molecular weight excluding hydrogens is 366 g/mol. The van der Waals surface area contributed by atoms with Crippen LogP contribution in [-0.4, -0.2) is 22.8 Å². The summed E-state index contributed by atoms with van der Waals surface area (Å²) in [5.41, 5.74) is 2.46. The van der Waals surface area contributed by atoms with Crippen LogP contribution in [0.2, 0.25) is 0 Å². The van der Waals surface area contributed by atoms with Crippen molar-refractivity contribution in [1.29, 1.82) is 0 Å². The monoisotopic (exact) mass is 381 g/mol. The second-order valence-electron chi connectivity index (χ2n) is 5.71. The van der Waals surface area contributed by atoms with E-state index < -0.39 is 5.97 Å². The summed E-state index contributed by atoms with van der Waals surface area (Å²) in [4.78, 5) is 26.3. The maximum absolute atomic E-state index is 13.1. The smallest absolute Gasteiger partial charge is 0.341 e. The maximum Gasteiger partial charge on any atom is 0.341 e. The molecule has 4 nitrogen and oxygen atoms in total.